The van der Waals surface area contributed by atoms with Crippen LogP contribution in [0.15, 0.2) is 28.7 Å². The first-order valence-corrected chi connectivity index (χ1v) is 5.69. The van der Waals surface area contributed by atoms with Gasteiger partial charge in [-0.3, -0.25) is 0 Å². The Labute approximate surface area is 84.6 Å². The zero-order valence-corrected chi connectivity index (χ0v) is 8.90. The van der Waals surface area contributed by atoms with E-state index in [0.29, 0.717) is 0 Å². The van der Waals surface area contributed by atoms with Crippen LogP contribution in [0.4, 0.5) is 0 Å². The van der Waals surface area contributed by atoms with E-state index in [1.165, 1.54) is 5.56 Å². The van der Waals surface area contributed by atoms with Crippen LogP contribution in [0.1, 0.15) is 11.0 Å². The van der Waals surface area contributed by atoms with E-state index in [2.05, 4.69) is 40.2 Å². The fourth-order valence-electron chi connectivity index (χ4n) is 1.17. The largest absolute Gasteiger partial charge is 0.362 e. The van der Waals surface area contributed by atoms with Crippen LogP contribution >= 0.6 is 27.7 Å². The molecule has 3 heteroatoms. The summed E-state index contributed by atoms with van der Waals surface area (Å²) in [5.74, 6) is 1.11. The lowest BCUT2D eigenvalue weighted by Crippen LogP contribution is -1.91. The van der Waals surface area contributed by atoms with Crippen molar-refractivity contribution in [3.8, 4) is 0 Å². The van der Waals surface area contributed by atoms with Gasteiger partial charge in [-0.1, -0.05) is 28.1 Å². The van der Waals surface area contributed by atoms with Crippen molar-refractivity contribution in [1.29, 1.82) is 0 Å². The zero-order valence-electron chi connectivity index (χ0n) is 6.50. The van der Waals surface area contributed by atoms with E-state index in [1.54, 1.807) is 0 Å². The van der Waals surface area contributed by atoms with Gasteiger partial charge < -0.3 is 4.74 Å². The number of benzene rings is 1. The normalized spacial score (nSPS) is 22.9. The van der Waals surface area contributed by atoms with E-state index in [4.69, 9.17) is 4.74 Å². The van der Waals surface area contributed by atoms with E-state index in [9.17, 15) is 0 Å². The van der Waals surface area contributed by atoms with Crippen molar-refractivity contribution in [2.45, 2.75) is 5.44 Å². The molecule has 1 aliphatic heterocycles. The highest BCUT2D eigenvalue weighted by Crippen LogP contribution is 2.35. The summed E-state index contributed by atoms with van der Waals surface area (Å²) in [6, 6.07) is 8.31. The van der Waals surface area contributed by atoms with Crippen molar-refractivity contribution in [3.63, 3.8) is 0 Å². The third-order valence-electron chi connectivity index (χ3n) is 1.76. The van der Waals surface area contributed by atoms with Crippen LogP contribution in [0.2, 0.25) is 0 Å². The maximum atomic E-state index is 5.53. The van der Waals surface area contributed by atoms with Gasteiger partial charge >= 0.3 is 0 Å². The Morgan fingerprint density at radius 2 is 2.08 bits per heavy atom. The van der Waals surface area contributed by atoms with Crippen molar-refractivity contribution in [2.75, 3.05) is 12.4 Å². The van der Waals surface area contributed by atoms with E-state index < -0.39 is 0 Å². The van der Waals surface area contributed by atoms with Gasteiger partial charge in [0.1, 0.15) is 5.44 Å². The molecule has 1 saturated heterocycles. The van der Waals surface area contributed by atoms with Gasteiger partial charge in [-0.25, -0.2) is 0 Å². The molecule has 2 rings (SSSR count). The molecule has 1 aliphatic rings. The first-order chi connectivity index (χ1) is 5.86. The minimum absolute atomic E-state index is 0.262. The maximum Gasteiger partial charge on any atom is 0.128 e. The molecule has 1 fully saturated rings. The molecule has 1 aromatic rings. The second-order valence-corrected chi connectivity index (χ2v) is 4.71. The molecule has 0 saturated carbocycles. The summed E-state index contributed by atoms with van der Waals surface area (Å²) in [6.45, 7) is 0.880. The van der Waals surface area contributed by atoms with Crippen molar-refractivity contribution in [1.82, 2.24) is 0 Å². The van der Waals surface area contributed by atoms with E-state index >= 15 is 0 Å². The molecule has 12 heavy (non-hydrogen) atoms. The van der Waals surface area contributed by atoms with Crippen LogP contribution in [0.25, 0.3) is 0 Å². The molecule has 0 bridgehead atoms. The van der Waals surface area contributed by atoms with Crippen molar-refractivity contribution in [3.05, 3.63) is 34.3 Å². The average Bonchev–Trinajstić information content (AvgIpc) is 2.58. The third-order valence-corrected chi connectivity index (χ3v) is 3.41. The van der Waals surface area contributed by atoms with Crippen LogP contribution in [-0.2, 0) is 4.74 Å². The van der Waals surface area contributed by atoms with Gasteiger partial charge in [0.15, 0.2) is 0 Å². The highest BCUT2D eigenvalue weighted by atomic mass is 79.9. The molecule has 1 atom stereocenters. The summed E-state index contributed by atoms with van der Waals surface area (Å²) < 4.78 is 6.65. The molecule has 0 radical (unpaired) electrons. The SMILES string of the molecule is Brc1ccc([C@@H]2OCCS2)cc1. The highest BCUT2D eigenvalue weighted by molar-refractivity contribution is 9.10. The zero-order chi connectivity index (χ0) is 8.39. The van der Waals surface area contributed by atoms with Crippen LogP contribution in [0.3, 0.4) is 0 Å². The average molecular weight is 245 g/mol. The molecule has 64 valence electrons. The van der Waals surface area contributed by atoms with Crippen LogP contribution in [0.5, 0.6) is 0 Å². The summed E-state index contributed by atoms with van der Waals surface area (Å²) >= 11 is 5.27. The standard InChI is InChI=1S/C9H9BrOS/c10-8-3-1-7(2-4-8)9-11-5-6-12-9/h1-4,9H,5-6H2/t9-/m1/s1. The number of thioether (sulfide) groups is 1. The molecule has 0 aromatic heterocycles. The first kappa shape index (κ1) is 8.60. The van der Waals surface area contributed by atoms with E-state index in [-0.39, 0.29) is 5.44 Å². The Morgan fingerprint density at radius 1 is 1.33 bits per heavy atom. The molecule has 0 N–H and O–H groups in total. The highest BCUT2D eigenvalue weighted by Gasteiger charge is 2.17. The minimum atomic E-state index is 0.262. The van der Waals surface area contributed by atoms with Crippen molar-refractivity contribution >= 4 is 27.7 Å². The van der Waals surface area contributed by atoms with Gasteiger partial charge in [0.25, 0.3) is 0 Å². The quantitative estimate of drug-likeness (QED) is 0.751. The summed E-state index contributed by atoms with van der Waals surface area (Å²) in [6.07, 6.45) is 0. The van der Waals surface area contributed by atoms with Gasteiger partial charge in [-0.05, 0) is 17.7 Å². The maximum absolute atomic E-state index is 5.53. The molecule has 0 unspecified atom stereocenters. The molecule has 0 spiro atoms. The topological polar surface area (TPSA) is 9.23 Å². The first-order valence-electron chi connectivity index (χ1n) is 3.85. The predicted octanol–water partition coefficient (Wildman–Crippen LogP) is 3.21. The fraction of sp³-hybridized carbons (Fsp3) is 0.333. The van der Waals surface area contributed by atoms with Gasteiger partial charge in [0, 0.05) is 10.2 Å². The lowest BCUT2D eigenvalue weighted by atomic mass is 10.2. The minimum Gasteiger partial charge on any atom is -0.362 e. The molecular weight excluding hydrogens is 236 g/mol. The lowest BCUT2D eigenvalue weighted by Gasteiger charge is -2.07. The lowest BCUT2D eigenvalue weighted by molar-refractivity contribution is 0.145. The van der Waals surface area contributed by atoms with Crippen LogP contribution in [0, 0.1) is 0 Å². The Kier molecular flexibility index (Phi) is 2.73. The molecule has 1 aromatic carbocycles. The number of rotatable bonds is 1. The second-order valence-electron chi connectivity index (χ2n) is 2.63. The molecule has 1 heterocycles. The summed E-state index contributed by atoms with van der Waals surface area (Å²) in [7, 11) is 0. The smallest absolute Gasteiger partial charge is 0.128 e. The molecule has 0 aliphatic carbocycles. The van der Waals surface area contributed by atoms with Crippen LogP contribution in [-0.4, -0.2) is 12.4 Å². The van der Waals surface area contributed by atoms with Crippen LogP contribution < -0.4 is 0 Å². The number of hydrogen-bond acceptors (Lipinski definition) is 2. The Morgan fingerprint density at radius 3 is 2.67 bits per heavy atom. The molecule has 1 nitrogen and oxygen atoms in total. The van der Waals surface area contributed by atoms with E-state index in [0.717, 1.165) is 16.8 Å². The summed E-state index contributed by atoms with van der Waals surface area (Å²) in [5.41, 5.74) is 1.53. The molecular formula is C9H9BrOS. The second kappa shape index (κ2) is 3.81. The van der Waals surface area contributed by atoms with E-state index in [1.807, 2.05) is 11.8 Å². The molecule has 0 amide bonds. The summed E-state index contributed by atoms with van der Waals surface area (Å²) in [5, 5.41) is 0. The monoisotopic (exact) mass is 244 g/mol. The van der Waals surface area contributed by atoms with Gasteiger partial charge in [-0.15, -0.1) is 11.8 Å². The Bertz CT molecular complexity index is 254. The Balaban J connectivity index is 2.17. The van der Waals surface area contributed by atoms with Gasteiger partial charge in [0.2, 0.25) is 0 Å². The predicted molar refractivity (Wildman–Crippen MR) is 55.3 cm³/mol. The van der Waals surface area contributed by atoms with Crippen molar-refractivity contribution in [2.24, 2.45) is 0 Å². The third kappa shape index (κ3) is 1.84. The number of ether oxygens (including phenoxy) is 1. The Hall–Kier alpha value is 0.01000. The van der Waals surface area contributed by atoms with Crippen molar-refractivity contribution < 1.29 is 4.74 Å². The van der Waals surface area contributed by atoms with Gasteiger partial charge in [0.05, 0.1) is 6.61 Å². The van der Waals surface area contributed by atoms with Gasteiger partial charge in [-0.2, -0.15) is 0 Å². The fourth-order valence-corrected chi connectivity index (χ4v) is 2.38. The number of hydrogen-bond donors (Lipinski definition) is 0. The summed E-state index contributed by atoms with van der Waals surface area (Å²) in [4.78, 5) is 0. The number of halogens is 1.